The third-order valence-electron chi connectivity index (χ3n) is 2.36. The third-order valence-corrected chi connectivity index (χ3v) is 2.36. The Hall–Kier alpha value is -1.02. The number of anilines is 1. The summed E-state index contributed by atoms with van der Waals surface area (Å²) < 4.78 is 0. The minimum atomic E-state index is 0.521. The Morgan fingerprint density at radius 1 is 1.36 bits per heavy atom. The van der Waals surface area contributed by atoms with Crippen molar-refractivity contribution in [1.82, 2.24) is 0 Å². The van der Waals surface area contributed by atoms with Gasteiger partial charge in [-0.2, -0.15) is 0 Å². The van der Waals surface area contributed by atoms with Gasteiger partial charge in [-0.3, -0.25) is 0 Å². The van der Waals surface area contributed by atoms with Gasteiger partial charge in [0.15, 0.2) is 0 Å². The second kappa shape index (κ2) is 5.66. The minimum absolute atomic E-state index is 0.521. The highest BCUT2D eigenvalue weighted by Crippen LogP contribution is 2.16. The second-order valence-corrected chi connectivity index (χ2v) is 3.70. The van der Waals surface area contributed by atoms with Crippen molar-refractivity contribution in [3.8, 4) is 0 Å². The summed E-state index contributed by atoms with van der Waals surface area (Å²) in [4.78, 5) is 0. The number of hydrogen-bond donors (Lipinski definition) is 2. The molecule has 1 unspecified atom stereocenters. The minimum Gasteiger partial charge on any atom is -0.382 e. The summed E-state index contributed by atoms with van der Waals surface area (Å²) in [7, 11) is 0. The molecule has 2 heteroatoms. The average molecular weight is 192 g/mol. The van der Waals surface area contributed by atoms with E-state index in [1.807, 2.05) is 12.1 Å². The van der Waals surface area contributed by atoms with Gasteiger partial charge >= 0.3 is 0 Å². The maximum absolute atomic E-state index is 5.66. The lowest BCUT2D eigenvalue weighted by atomic mass is 10.1. The lowest BCUT2D eigenvalue weighted by molar-refractivity contribution is 0.689. The molecule has 1 aromatic rings. The predicted octanol–water partition coefficient (Wildman–Crippen LogP) is 2.75. The van der Waals surface area contributed by atoms with E-state index in [1.165, 1.54) is 24.1 Å². The van der Waals surface area contributed by atoms with Crippen LogP contribution in [0.1, 0.15) is 32.3 Å². The molecule has 0 saturated carbocycles. The molecule has 0 aliphatic rings. The van der Waals surface area contributed by atoms with Crippen LogP contribution in [0.4, 0.5) is 5.69 Å². The molecule has 0 aliphatic heterocycles. The summed E-state index contributed by atoms with van der Waals surface area (Å²) in [5.41, 5.74) is 8.03. The van der Waals surface area contributed by atoms with Crippen molar-refractivity contribution >= 4 is 5.69 Å². The zero-order valence-corrected chi connectivity index (χ0v) is 9.09. The largest absolute Gasteiger partial charge is 0.382 e. The van der Waals surface area contributed by atoms with E-state index in [1.54, 1.807) is 0 Å². The number of nitrogens with two attached hydrogens (primary N) is 1. The molecule has 0 aliphatic carbocycles. The topological polar surface area (TPSA) is 38.0 Å². The standard InChI is InChI=1S/C12H20N2/c1-3-6-10(2)14-12-8-5-4-7-11(12)9-13/h4-5,7-8,10,14H,3,6,9,13H2,1-2H3. The molecule has 0 fully saturated rings. The fourth-order valence-electron chi connectivity index (χ4n) is 1.61. The zero-order valence-electron chi connectivity index (χ0n) is 9.09. The molecular weight excluding hydrogens is 172 g/mol. The predicted molar refractivity (Wildman–Crippen MR) is 62.3 cm³/mol. The number of hydrogen-bond acceptors (Lipinski definition) is 2. The number of nitrogens with one attached hydrogen (secondary N) is 1. The van der Waals surface area contributed by atoms with Crippen molar-refractivity contribution in [2.75, 3.05) is 5.32 Å². The first-order valence-electron chi connectivity index (χ1n) is 5.32. The van der Waals surface area contributed by atoms with E-state index in [4.69, 9.17) is 5.73 Å². The lowest BCUT2D eigenvalue weighted by Gasteiger charge is -2.16. The van der Waals surface area contributed by atoms with Crippen LogP contribution in [0, 0.1) is 0 Å². The quantitative estimate of drug-likeness (QED) is 0.752. The molecular formula is C12H20N2. The maximum Gasteiger partial charge on any atom is 0.0387 e. The molecule has 3 N–H and O–H groups in total. The first-order chi connectivity index (χ1) is 6.77. The monoisotopic (exact) mass is 192 g/mol. The highest BCUT2D eigenvalue weighted by atomic mass is 14.9. The van der Waals surface area contributed by atoms with Crippen LogP contribution in [-0.2, 0) is 6.54 Å². The van der Waals surface area contributed by atoms with E-state index < -0.39 is 0 Å². The van der Waals surface area contributed by atoms with E-state index >= 15 is 0 Å². The number of para-hydroxylation sites is 1. The van der Waals surface area contributed by atoms with Crippen molar-refractivity contribution < 1.29 is 0 Å². The van der Waals surface area contributed by atoms with Crippen molar-refractivity contribution in [1.29, 1.82) is 0 Å². The average Bonchev–Trinajstić information content (AvgIpc) is 2.19. The zero-order chi connectivity index (χ0) is 10.4. The van der Waals surface area contributed by atoms with E-state index in [0.717, 1.165) is 0 Å². The van der Waals surface area contributed by atoms with Crippen LogP contribution in [0.2, 0.25) is 0 Å². The molecule has 0 saturated heterocycles. The summed E-state index contributed by atoms with van der Waals surface area (Å²) in [5, 5.41) is 3.48. The van der Waals surface area contributed by atoms with Crippen molar-refractivity contribution in [2.24, 2.45) is 5.73 Å². The van der Waals surface area contributed by atoms with Gasteiger partial charge in [0, 0.05) is 18.3 Å². The Kier molecular flexibility index (Phi) is 4.47. The maximum atomic E-state index is 5.66. The molecule has 1 rings (SSSR count). The first kappa shape index (κ1) is 11.1. The molecule has 0 bridgehead atoms. The van der Waals surface area contributed by atoms with Gasteiger partial charge < -0.3 is 11.1 Å². The van der Waals surface area contributed by atoms with Crippen LogP contribution in [0.15, 0.2) is 24.3 Å². The van der Waals surface area contributed by atoms with Crippen molar-refractivity contribution in [2.45, 2.75) is 39.3 Å². The molecule has 0 heterocycles. The summed E-state index contributed by atoms with van der Waals surface area (Å²) in [6.45, 7) is 5.01. The van der Waals surface area contributed by atoms with Crippen LogP contribution in [0.25, 0.3) is 0 Å². The van der Waals surface area contributed by atoms with Crippen LogP contribution in [0.3, 0.4) is 0 Å². The molecule has 1 atom stereocenters. The Bertz CT molecular complexity index is 271. The molecule has 78 valence electrons. The van der Waals surface area contributed by atoms with E-state index in [9.17, 15) is 0 Å². The second-order valence-electron chi connectivity index (χ2n) is 3.70. The van der Waals surface area contributed by atoms with Gasteiger partial charge in [-0.05, 0) is 25.0 Å². The molecule has 0 amide bonds. The summed E-state index contributed by atoms with van der Waals surface area (Å²) >= 11 is 0. The van der Waals surface area contributed by atoms with Gasteiger partial charge in [-0.15, -0.1) is 0 Å². The lowest BCUT2D eigenvalue weighted by Crippen LogP contribution is -2.16. The molecule has 1 aromatic carbocycles. The Balaban J connectivity index is 2.65. The first-order valence-corrected chi connectivity index (χ1v) is 5.32. The van der Waals surface area contributed by atoms with Gasteiger partial charge in [0.25, 0.3) is 0 Å². The van der Waals surface area contributed by atoms with Gasteiger partial charge in [-0.1, -0.05) is 31.5 Å². The Morgan fingerprint density at radius 3 is 2.71 bits per heavy atom. The molecule has 2 nitrogen and oxygen atoms in total. The molecule has 0 radical (unpaired) electrons. The van der Waals surface area contributed by atoms with Crippen LogP contribution >= 0.6 is 0 Å². The van der Waals surface area contributed by atoms with Crippen LogP contribution < -0.4 is 11.1 Å². The van der Waals surface area contributed by atoms with Crippen molar-refractivity contribution in [3.63, 3.8) is 0 Å². The Morgan fingerprint density at radius 2 is 2.07 bits per heavy atom. The van der Waals surface area contributed by atoms with Crippen LogP contribution in [-0.4, -0.2) is 6.04 Å². The van der Waals surface area contributed by atoms with Gasteiger partial charge in [0.1, 0.15) is 0 Å². The molecule has 0 spiro atoms. The molecule has 0 aromatic heterocycles. The third kappa shape index (κ3) is 3.04. The SMILES string of the molecule is CCCC(C)Nc1ccccc1CN. The highest BCUT2D eigenvalue weighted by molar-refractivity contribution is 5.51. The summed E-state index contributed by atoms with van der Waals surface area (Å²) in [5.74, 6) is 0. The molecule has 14 heavy (non-hydrogen) atoms. The van der Waals surface area contributed by atoms with Crippen molar-refractivity contribution in [3.05, 3.63) is 29.8 Å². The van der Waals surface area contributed by atoms with E-state index in [-0.39, 0.29) is 0 Å². The van der Waals surface area contributed by atoms with E-state index in [2.05, 4.69) is 31.3 Å². The highest BCUT2D eigenvalue weighted by Gasteiger charge is 2.03. The summed E-state index contributed by atoms with van der Waals surface area (Å²) in [6.07, 6.45) is 2.40. The van der Waals surface area contributed by atoms with Gasteiger partial charge in [0.05, 0.1) is 0 Å². The number of rotatable bonds is 5. The van der Waals surface area contributed by atoms with Gasteiger partial charge in [-0.25, -0.2) is 0 Å². The smallest absolute Gasteiger partial charge is 0.0387 e. The fourth-order valence-corrected chi connectivity index (χ4v) is 1.61. The Labute approximate surface area is 86.5 Å². The normalized spacial score (nSPS) is 12.5. The fraction of sp³-hybridized carbons (Fsp3) is 0.500. The van der Waals surface area contributed by atoms with Crippen LogP contribution in [0.5, 0.6) is 0 Å². The number of benzene rings is 1. The van der Waals surface area contributed by atoms with E-state index in [0.29, 0.717) is 12.6 Å². The van der Waals surface area contributed by atoms with Gasteiger partial charge in [0.2, 0.25) is 0 Å². The summed E-state index contributed by atoms with van der Waals surface area (Å²) in [6, 6.07) is 8.75.